The van der Waals surface area contributed by atoms with Crippen LogP contribution >= 0.6 is 0 Å². The molecule has 1 aromatic heterocycles. The van der Waals surface area contributed by atoms with Crippen molar-refractivity contribution in [1.29, 1.82) is 5.26 Å². The largest absolute Gasteiger partial charge is 0.497 e. The van der Waals surface area contributed by atoms with Gasteiger partial charge in [0.15, 0.2) is 0 Å². The molecule has 4 fully saturated rings. The van der Waals surface area contributed by atoms with Crippen LogP contribution in [0.3, 0.4) is 0 Å². The Balaban J connectivity index is 1.66. The lowest BCUT2D eigenvalue weighted by atomic mass is 9.52. The summed E-state index contributed by atoms with van der Waals surface area (Å²) >= 11 is 0. The third-order valence-electron chi connectivity index (χ3n) is 6.46. The summed E-state index contributed by atoms with van der Waals surface area (Å²) < 4.78 is 5.25. The van der Waals surface area contributed by atoms with Crippen molar-refractivity contribution in [3.05, 3.63) is 24.0 Å². The molecule has 0 unspecified atom stereocenters. The van der Waals surface area contributed by atoms with E-state index in [1.165, 1.54) is 19.3 Å². The van der Waals surface area contributed by atoms with E-state index in [9.17, 15) is 4.79 Å². The maximum absolute atomic E-state index is 13.3. The van der Waals surface area contributed by atoms with E-state index in [2.05, 4.69) is 11.1 Å². The second-order valence-corrected chi connectivity index (χ2v) is 8.09. The van der Waals surface area contributed by atoms with Gasteiger partial charge in [-0.05, 0) is 62.3 Å². The summed E-state index contributed by atoms with van der Waals surface area (Å²) in [4.78, 5) is 19.6. The molecule has 4 aliphatic rings. The van der Waals surface area contributed by atoms with E-state index in [4.69, 9.17) is 10.00 Å². The lowest BCUT2D eigenvalue weighted by molar-refractivity contribution is -0.0742. The van der Waals surface area contributed by atoms with E-state index >= 15 is 0 Å². The maximum Gasteiger partial charge on any atom is 0.273 e. The van der Waals surface area contributed by atoms with Crippen molar-refractivity contribution < 1.29 is 9.53 Å². The summed E-state index contributed by atoms with van der Waals surface area (Å²) in [6.07, 6.45) is 9.27. The number of carbonyl (C=O) groups excluding carboxylic acids is 1. The van der Waals surface area contributed by atoms with Gasteiger partial charge < -0.3 is 9.64 Å². The minimum absolute atomic E-state index is 0.0453. The highest BCUT2D eigenvalue weighted by Crippen LogP contribution is 2.58. The van der Waals surface area contributed by atoms with Gasteiger partial charge in [-0.25, -0.2) is 0 Å². The van der Waals surface area contributed by atoms with Crippen LogP contribution in [0.15, 0.2) is 18.3 Å². The highest BCUT2D eigenvalue weighted by Gasteiger charge is 2.54. The topological polar surface area (TPSA) is 66.2 Å². The van der Waals surface area contributed by atoms with Crippen LogP contribution in [0.5, 0.6) is 5.75 Å². The van der Waals surface area contributed by atoms with Crippen LogP contribution in [0, 0.1) is 29.1 Å². The zero-order valence-corrected chi connectivity index (χ0v) is 14.8. The molecule has 1 heterocycles. The lowest BCUT2D eigenvalue weighted by Gasteiger charge is -2.60. The number of aromatic nitrogens is 1. The van der Waals surface area contributed by atoms with Crippen LogP contribution in [0.4, 0.5) is 0 Å². The molecule has 4 saturated carbocycles. The van der Waals surface area contributed by atoms with E-state index in [1.807, 2.05) is 4.90 Å². The predicted molar refractivity (Wildman–Crippen MR) is 93.0 cm³/mol. The SMILES string of the molecule is COc1ccnc(C(=O)N(CCC#N)C23CC4CC(CC(C4)C2)C3)c1. The first-order valence-electron chi connectivity index (χ1n) is 9.32. The van der Waals surface area contributed by atoms with Crippen LogP contribution in [-0.4, -0.2) is 35.0 Å². The van der Waals surface area contributed by atoms with Gasteiger partial charge in [-0.1, -0.05) is 0 Å². The molecule has 4 bridgehead atoms. The Labute approximate surface area is 149 Å². The van der Waals surface area contributed by atoms with Gasteiger partial charge >= 0.3 is 0 Å². The highest BCUT2D eigenvalue weighted by molar-refractivity contribution is 5.93. The summed E-state index contributed by atoms with van der Waals surface area (Å²) in [7, 11) is 1.59. The predicted octanol–water partition coefficient (Wildman–Crippen LogP) is 3.41. The molecule has 0 saturated heterocycles. The second kappa shape index (κ2) is 6.33. The Hall–Kier alpha value is -2.09. The van der Waals surface area contributed by atoms with Crippen molar-refractivity contribution in [3.8, 4) is 11.8 Å². The van der Waals surface area contributed by atoms with Crippen molar-refractivity contribution in [1.82, 2.24) is 9.88 Å². The molecule has 132 valence electrons. The molecule has 25 heavy (non-hydrogen) atoms. The van der Waals surface area contributed by atoms with Gasteiger partial charge in [0.2, 0.25) is 0 Å². The Morgan fingerprint density at radius 3 is 2.52 bits per heavy atom. The third-order valence-corrected chi connectivity index (χ3v) is 6.46. The van der Waals surface area contributed by atoms with Crippen molar-refractivity contribution in [3.63, 3.8) is 0 Å². The number of pyridine rings is 1. The third kappa shape index (κ3) is 2.88. The van der Waals surface area contributed by atoms with Crippen LogP contribution in [0.25, 0.3) is 0 Å². The minimum atomic E-state index is -0.0621. The number of amides is 1. The van der Waals surface area contributed by atoms with E-state index in [0.29, 0.717) is 24.4 Å². The average Bonchev–Trinajstić information content (AvgIpc) is 2.60. The van der Waals surface area contributed by atoms with Crippen molar-refractivity contribution in [2.24, 2.45) is 17.8 Å². The van der Waals surface area contributed by atoms with Gasteiger partial charge in [-0.3, -0.25) is 9.78 Å². The number of methoxy groups -OCH3 is 1. The summed E-state index contributed by atoms with van der Waals surface area (Å²) in [5, 5.41) is 9.11. The van der Waals surface area contributed by atoms with Gasteiger partial charge in [0.05, 0.1) is 19.6 Å². The monoisotopic (exact) mass is 339 g/mol. The fourth-order valence-corrected chi connectivity index (χ4v) is 5.90. The van der Waals surface area contributed by atoms with Crippen molar-refractivity contribution >= 4 is 5.91 Å². The zero-order chi connectivity index (χ0) is 17.4. The molecule has 0 atom stereocenters. The number of hydrogen-bond donors (Lipinski definition) is 0. The maximum atomic E-state index is 13.3. The van der Waals surface area contributed by atoms with E-state index < -0.39 is 0 Å². The molecule has 5 rings (SSSR count). The van der Waals surface area contributed by atoms with Crippen LogP contribution in [0.1, 0.15) is 55.4 Å². The molecular weight excluding hydrogens is 314 g/mol. The van der Waals surface area contributed by atoms with Gasteiger partial charge in [-0.2, -0.15) is 5.26 Å². The molecule has 0 spiro atoms. The summed E-state index contributed by atoms with van der Waals surface area (Å²) in [5.74, 6) is 2.85. The Morgan fingerprint density at radius 1 is 1.32 bits per heavy atom. The van der Waals surface area contributed by atoms with E-state index in [1.54, 1.807) is 25.4 Å². The number of nitriles is 1. The smallest absolute Gasteiger partial charge is 0.273 e. The number of hydrogen-bond acceptors (Lipinski definition) is 4. The first-order chi connectivity index (χ1) is 12.1. The molecule has 4 aliphatic carbocycles. The molecule has 0 radical (unpaired) electrons. The average molecular weight is 339 g/mol. The molecule has 0 N–H and O–H groups in total. The lowest BCUT2D eigenvalue weighted by Crippen LogP contribution is -2.61. The van der Waals surface area contributed by atoms with Crippen molar-refractivity contribution in [2.75, 3.05) is 13.7 Å². The Kier molecular flexibility index (Phi) is 4.15. The van der Waals surface area contributed by atoms with Gasteiger partial charge in [-0.15, -0.1) is 0 Å². The first kappa shape index (κ1) is 16.4. The number of carbonyl (C=O) groups is 1. The molecule has 1 amide bonds. The normalized spacial score (nSPS) is 32.2. The molecule has 0 aromatic carbocycles. The first-order valence-corrected chi connectivity index (χ1v) is 9.32. The van der Waals surface area contributed by atoms with Gasteiger partial charge in [0.25, 0.3) is 5.91 Å². The molecule has 5 heteroatoms. The Bertz CT molecular complexity index is 674. The fourth-order valence-electron chi connectivity index (χ4n) is 5.90. The minimum Gasteiger partial charge on any atom is -0.497 e. The molecular formula is C20H25N3O2. The summed E-state index contributed by atoms with van der Waals surface area (Å²) in [6.45, 7) is 0.500. The van der Waals surface area contributed by atoms with Crippen LogP contribution in [-0.2, 0) is 0 Å². The van der Waals surface area contributed by atoms with Gasteiger partial charge in [0, 0.05) is 24.3 Å². The number of ether oxygens (including phenoxy) is 1. The fraction of sp³-hybridized carbons (Fsp3) is 0.650. The van der Waals surface area contributed by atoms with E-state index in [-0.39, 0.29) is 11.4 Å². The quantitative estimate of drug-likeness (QED) is 0.824. The van der Waals surface area contributed by atoms with Crippen molar-refractivity contribution in [2.45, 2.75) is 50.5 Å². The summed E-state index contributed by atoms with van der Waals surface area (Å²) in [6, 6.07) is 5.68. The molecule has 1 aromatic rings. The summed E-state index contributed by atoms with van der Waals surface area (Å²) in [5.41, 5.74) is 0.362. The standard InChI is InChI=1S/C20H25N3O2/c1-25-17-3-5-22-18(10-17)19(24)23(6-2-4-21)20-11-14-7-15(12-20)9-16(8-14)13-20/h3,5,10,14-16H,2,6-9,11-13H2,1H3. The van der Waals surface area contributed by atoms with Crippen LogP contribution in [0.2, 0.25) is 0 Å². The van der Waals surface area contributed by atoms with E-state index in [0.717, 1.165) is 37.0 Å². The highest BCUT2D eigenvalue weighted by atomic mass is 16.5. The molecule has 5 nitrogen and oxygen atoms in total. The molecule has 0 aliphatic heterocycles. The zero-order valence-electron chi connectivity index (χ0n) is 14.8. The second-order valence-electron chi connectivity index (χ2n) is 8.09. The number of rotatable bonds is 5. The number of nitrogens with zero attached hydrogens (tertiary/aromatic N) is 3. The Morgan fingerprint density at radius 2 is 1.96 bits per heavy atom. The van der Waals surface area contributed by atoms with Gasteiger partial charge in [0.1, 0.15) is 11.4 Å². The van der Waals surface area contributed by atoms with Crippen LogP contribution < -0.4 is 4.74 Å².